The normalized spacial score (nSPS) is 13.8. The van der Waals surface area contributed by atoms with Crippen LogP contribution in [0.5, 0.6) is 0 Å². The Balaban J connectivity index is 2.50. The molecule has 1 aromatic rings. The first-order valence-electron chi connectivity index (χ1n) is 6.13. The van der Waals surface area contributed by atoms with E-state index in [9.17, 15) is 8.42 Å². The van der Waals surface area contributed by atoms with Gasteiger partial charge in [-0.25, -0.2) is 13.1 Å². The summed E-state index contributed by atoms with van der Waals surface area (Å²) >= 11 is 0. The zero-order valence-corrected chi connectivity index (χ0v) is 12.0. The number of benzene rings is 1. The molecule has 1 aromatic carbocycles. The quantitative estimate of drug-likeness (QED) is 0.739. The molecule has 4 nitrogen and oxygen atoms in total. The van der Waals surface area contributed by atoms with E-state index in [0.717, 1.165) is 0 Å². The molecule has 0 saturated heterocycles. The first kappa shape index (κ1) is 15.1. The fraction of sp³-hybridized carbons (Fsp3) is 0.538. The lowest BCUT2D eigenvalue weighted by atomic mass is 9.96. The molecule has 0 saturated carbocycles. The molecule has 0 aliphatic carbocycles. The van der Waals surface area contributed by atoms with Gasteiger partial charge in [-0.3, -0.25) is 0 Å². The van der Waals surface area contributed by atoms with Crippen molar-refractivity contribution in [2.45, 2.75) is 19.9 Å². The lowest BCUT2D eigenvalue weighted by Gasteiger charge is -2.23. The fourth-order valence-corrected chi connectivity index (χ4v) is 2.34. The average Bonchev–Trinajstić information content (AvgIpc) is 2.28. The molecule has 2 N–H and O–H groups in total. The summed E-state index contributed by atoms with van der Waals surface area (Å²) in [6.45, 7) is 5.32. The zero-order chi connectivity index (χ0) is 13.6. The molecule has 102 valence electrons. The van der Waals surface area contributed by atoms with Gasteiger partial charge in [0.1, 0.15) is 0 Å². The molecule has 1 rings (SSSR count). The van der Waals surface area contributed by atoms with Gasteiger partial charge in [0.2, 0.25) is 10.0 Å². The van der Waals surface area contributed by atoms with E-state index in [2.05, 4.69) is 36.0 Å². The molecule has 0 aliphatic heterocycles. The summed E-state index contributed by atoms with van der Waals surface area (Å²) in [7, 11) is -3.10. The third-order valence-electron chi connectivity index (χ3n) is 2.68. The maximum Gasteiger partial charge on any atom is 0.208 e. The molecular weight excluding hydrogens is 248 g/mol. The molecule has 0 amide bonds. The minimum Gasteiger partial charge on any atom is -0.308 e. The van der Waals surface area contributed by atoms with E-state index in [0.29, 0.717) is 19.0 Å². The van der Waals surface area contributed by atoms with E-state index in [1.807, 2.05) is 18.2 Å². The van der Waals surface area contributed by atoms with Crippen molar-refractivity contribution in [3.05, 3.63) is 35.9 Å². The second-order valence-corrected chi connectivity index (χ2v) is 6.59. The van der Waals surface area contributed by atoms with Crippen LogP contribution in [0.1, 0.15) is 25.5 Å². The van der Waals surface area contributed by atoms with Gasteiger partial charge in [0.05, 0.1) is 6.26 Å². The van der Waals surface area contributed by atoms with Gasteiger partial charge >= 0.3 is 0 Å². The van der Waals surface area contributed by atoms with E-state index >= 15 is 0 Å². The maximum atomic E-state index is 10.9. The predicted octanol–water partition coefficient (Wildman–Crippen LogP) is 1.52. The fourth-order valence-electron chi connectivity index (χ4n) is 1.86. The van der Waals surface area contributed by atoms with E-state index in [4.69, 9.17) is 0 Å². The van der Waals surface area contributed by atoms with Crippen LogP contribution >= 0.6 is 0 Å². The van der Waals surface area contributed by atoms with Gasteiger partial charge in [-0.05, 0) is 11.5 Å². The van der Waals surface area contributed by atoms with Crippen LogP contribution in [0.4, 0.5) is 0 Å². The van der Waals surface area contributed by atoms with Gasteiger partial charge in [-0.2, -0.15) is 0 Å². The van der Waals surface area contributed by atoms with E-state index in [1.165, 1.54) is 11.8 Å². The topological polar surface area (TPSA) is 58.2 Å². The standard InChI is InChI=1S/C13H22N2O2S/c1-11(2)13(12-7-5-4-6-8-12)14-9-10-15-18(3,16)17/h4-8,11,13-15H,9-10H2,1-3H3. The monoisotopic (exact) mass is 270 g/mol. The maximum absolute atomic E-state index is 10.9. The summed E-state index contributed by atoms with van der Waals surface area (Å²) < 4.78 is 24.4. The van der Waals surface area contributed by atoms with Gasteiger partial charge in [-0.1, -0.05) is 44.2 Å². The van der Waals surface area contributed by atoms with Crippen LogP contribution < -0.4 is 10.0 Å². The summed E-state index contributed by atoms with van der Waals surface area (Å²) in [6, 6.07) is 10.4. The molecule has 18 heavy (non-hydrogen) atoms. The van der Waals surface area contributed by atoms with Crippen LogP contribution in [0.25, 0.3) is 0 Å². The lowest BCUT2D eigenvalue weighted by Crippen LogP contribution is -2.34. The van der Waals surface area contributed by atoms with Crippen LogP contribution in [0.3, 0.4) is 0 Å². The van der Waals surface area contributed by atoms with Crippen molar-refractivity contribution in [1.29, 1.82) is 0 Å². The second kappa shape index (κ2) is 6.87. The Labute approximate surface area is 110 Å². The number of rotatable bonds is 7. The van der Waals surface area contributed by atoms with Crippen molar-refractivity contribution in [1.82, 2.24) is 10.0 Å². The largest absolute Gasteiger partial charge is 0.308 e. The molecule has 0 spiro atoms. The first-order valence-corrected chi connectivity index (χ1v) is 8.02. The number of hydrogen-bond acceptors (Lipinski definition) is 3. The van der Waals surface area contributed by atoms with Gasteiger partial charge in [0, 0.05) is 19.1 Å². The predicted molar refractivity (Wildman–Crippen MR) is 74.9 cm³/mol. The highest BCUT2D eigenvalue weighted by Gasteiger charge is 2.14. The molecule has 0 fully saturated rings. The van der Waals surface area contributed by atoms with Crippen LogP contribution in [-0.4, -0.2) is 27.8 Å². The molecule has 0 aliphatic rings. The summed E-state index contributed by atoms with van der Waals surface area (Å²) in [5, 5.41) is 3.38. The molecule has 1 atom stereocenters. The molecule has 0 radical (unpaired) electrons. The minimum absolute atomic E-state index is 0.243. The molecule has 0 bridgehead atoms. The molecular formula is C13H22N2O2S. The van der Waals surface area contributed by atoms with Crippen molar-refractivity contribution in [3.8, 4) is 0 Å². The van der Waals surface area contributed by atoms with Gasteiger partial charge in [-0.15, -0.1) is 0 Å². The highest BCUT2D eigenvalue weighted by atomic mass is 32.2. The summed E-state index contributed by atoms with van der Waals surface area (Å²) in [4.78, 5) is 0. The van der Waals surface area contributed by atoms with Crippen molar-refractivity contribution >= 4 is 10.0 Å². The van der Waals surface area contributed by atoms with E-state index < -0.39 is 10.0 Å². The summed E-state index contributed by atoms with van der Waals surface area (Å²) in [5.74, 6) is 0.450. The van der Waals surface area contributed by atoms with Gasteiger partial charge in [0.15, 0.2) is 0 Å². The first-order chi connectivity index (χ1) is 8.40. The summed E-state index contributed by atoms with van der Waals surface area (Å²) in [6.07, 6.45) is 1.17. The Morgan fingerprint density at radius 3 is 2.22 bits per heavy atom. The highest BCUT2D eigenvalue weighted by Crippen LogP contribution is 2.20. The van der Waals surface area contributed by atoms with Crippen molar-refractivity contribution in [3.63, 3.8) is 0 Å². The Kier molecular flexibility index (Phi) is 5.78. The molecule has 5 heteroatoms. The van der Waals surface area contributed by atoms with E-state index in [1.54, 1.807) is 0 Å². The molecule has 0 heterocycles. The highest BCUT2D eigenvalue weighted by molar-refractivity contribution is 7.88. The van der Waals surface area contributed by atoms with Gasteiger partial charge < -0.3 is 5.32 Å². The number of nitrogens with one attached hydrogen (secondary N) is 2. The Bertz CT molecular complexity index is 443. The van der Waals surface area contributed by atoms with Crippen LogP contribution in [0.15, 0.2) is 30.3 Å². The smallest absolute Gasteiger partial charge is 0.208 e. The minimum atomic E-state index is -3.10. The lowest BCUT2D eigenvalue weighted by molar-refractivity contribution is 0.414. The van der Waals surface area contributed by atoms with Crippen LogP contribution in [0, 0.1) is 5.92 Å². The second-order valence-electron chi connectivity index (χ2n) is 4.75. The third kappa shape index (κ3) is 5.62. The van der Waals surface area contributed by atoms with Crippen molar-refractivity contribution < 1.29 is 8.42 Å². The number of sulfonamides is 1. The molecule has 0 aromatic heterocycles. The Morgan fingerprint density at radius 1 is 1.11 bits per heavy atom. The zero-order valence-electron chi connectivity index (χ0n) is 11.2. The van der Waals surface area contributed by atoms with Crippen molar-refractivity contribution in [2.75, 3.05) is 19.3 Å². The van der Waals surface area contributed by atoms with Crippen LogP contribution in [0.2, 0.25) is 0 Å². The Hall–Kier alpha value is -0.910. The Morgan fingerprint density at radius 2 is 1.72 bits per heavy atom. The van der Waals surface area contributed by atoms with Crippen molar-refractivity contribution in [2.24, 2.45) is 5.92 Å². The summed E-state index contributed by atoms with van der Waals surface area (Å²) in [5.41, 5.74) is 1.23. The third-order valence-corrected chi connectivity index (χ3v) is 3.41. The van der Waals surface area contributed by atoms with E-state index in [-0.39, 0.29) is 6.04 Å². The van der Waals surface area contributed by atoms with Gasteiger partial charge in [0.25, 0.3) is 0 Å². The average molecular weight is 270 g/mol. The molecule has 1 unspecified atom stereocenters. The number of hydrogen-bond donors (Lipinski definition) is 2. The van der Waals surface area contributed by atoms with Crippen LogP contribution in [-0.2, 0) is 10.0 Å². The SMILES string of the molecule is CC(C)C(NCCNS(C)(=O)=O)c1ccccc1.